The number of hydrogen-bond acceptors (Lipinski definition) is 5. The SMILES string of the molecule is CCOc1ccc(S(=O)(=O)N(CC(=O)N(Cc2ccccc2F)[C@@H](C)C(=O)NC(C)C)c2ccccc2)cc1. The van der Waals surface area contributed by atoms with E-state index in [-0.39, 0.29) is 28.7 Å². The van der Waals surface area contributed by atoms with Crippen molar-refractivity contribution in [2.45, 2.75) is 51.2 Å². The number of amides is 2. The van der Waals surface area contributed by atoms with Gasteiger partial charge in [-0.15, -0.1) is 0 Å². The highest BCUT2D eigenvalue weighted by molar-refractivity contribution is 7.92. The maximum Gasteiger partial charge on any atom is 0.264 e. The molecule has 1 N–H and O–H groups in total. The lowest BCUT2D eigenvalue weighted by Gasteiger charge is -2.32. The first kappa shape index (κ1) is 29.6. The van der Waals surface area contributed by atoms with Crippen LogP contribution in [0.25, 0.3) is 0 Å². The number of anilines is 1. The van der Waals surface area contributed by atoms with Crippen molar-refractivity contribution in [1.82, 2.24) is 10.2 Å². The van der Waals surface area contributed by atoms with Gasteiger partial charge in [0.15, 0.2) is 0 Å². The minimum atomic E-state index is -4.20. The summed E-state index contributed by atoms with van der Waals surface area (Å²) in [5.41, 5.74) is 0.473. The Morgan fingerprint density at radius 2 is 1.54 bits per heavy atom. The zero-order chi connectivity index (χ0) is 28.6. The van der Waals surface area contributed by atoms with Gasteiger partial charge in [-0.05, 0) is 70.2 Å². The second-order valence-corrected chi connectivity index (χ2v) is 11.1. The fourth-order valence-corrected chi connectivity index (χ4v) is 5.34. The second kappa shape index (κ2) is 13.2. The Morgan fingerprint density at radius 3 is 2.13 bits per heavy atom. The third kappa shape index (κ3) is 7.57. The van der Waals surface area contributed by atoms with Gasteiger partial charge in [0.1, 0.15) is 24.2 Å². The molecule has 2 amide bonds. The van der Waals surface area contributed by atoms with Gasteiger partial charge < -0.3 is 15.0 Å². The van der Waals surface area contributed by atoms with Crippen LogP contribution in [0.15, 0.2) is 83.8 Å². The van der Waals surface area contributed by atoms with E-state index in [9.17, 15) is 22.4 Å². The van der Waals surface area contributed by atoms with E-state index in [4.69, 9.17) is 4.74 Å². The van der Waals surface area contributed by atoms with E-state index < -0.39 is 40.2 Å². The summed E-state index contributed by atoms with van der Waals surface area (Å²) in [4.78, 5) is 27.8. The zero-order valence-corrected chi connectivity index (χ0v) is 23.3. The zero-order valence-electron chi connectivity index (χ0n) is 22.5. The van der Waals surface area contributed by atoms with Gasteiger partial charge in [-0.3, -0.25) is 13.9 Å². The lowest BCUT2D eigenvalue weighted by molar-refractivity contribution is -0.139. The van der Waals surface area contributed by atoms with Crippen LogP contribution >= 0.6 is 0 Å². The Morgan fingerprint density at radius 1 is 0.923 bits per heavy atom. The third-order valence-electron chi connectivity index (χ3n) is 5.94. The fraction of sp³-hybridized carbons (Fsp3) is 0.310. The Kier molecular flexibility index (Phi) is 10.1. The monoisotopic (exact) mass is 555 g/mol. The number of halogens is 1. The molecule has 0 heterocycles. The predicted molar refractivity (Wildman–Crippen MR) is 148 cm³/mol. The van der Waals surface area contributed by atoms with Gasteiger partial charge in [0.05, 0.1) is 17.2 Å². The number of carbonyl (C=O) groups excluding carboxylic acids is 2. The first-order valence-corrected chi connectivity index (χ1v) is 14.1. The summed E-state index contributed by atoms with van der Waals surface area (Å²) in [5, 5.41) is 2.76. The van der Waals surface area contributed by atoms with Gasteiger partial charge in [-0.2, -0.15) is 0 Å². The molecule has 0 bridgehead atoms. The van der Waals surface area contributed by atoms with Crippen LogP contribution in [0, 0.1) is 5.82 Å². The molecule has 0 fully saturated rings. The average Bonchev–Trinajstić information content (AvgIpc) is 2.91. The molecule has 0 aliphatic heterocycles. The van der Waals surface area contributed by atoms with Gasteiger partial charge in [0.25, 0.3) is 10.0 Å². The van der Waals surface area contributed by atoms with Crippen molar-refractivity contribution < 1.29 is 27.1 Å². The minimum absolute atomic E-state index is 0.0335. The number of ether oxygens (including phenoxy) is 1. The van der Waals surface area contributed by atoms with Crippen molar-refractivity contribution in [3.63, 3.8) is 0 Å². The van der Waals surface area contributed by atoms with Gasteiger partial charge in [-0.25, -0.2) is 12.8 Å². The highest BCUT2D eigenvalue weighted by Crippen LogP contribution is 2.26. The average molecular weight is 556 g/mol. The first-order valence-electron chi connectivity index (χ1n) is 12.7. The van der Waals surface area contributed by atoms with Crippen molar-refractivity contribution in [1.29, 1.82) is 0 Å². The number of hydrogen-bond donors (Lipinski definition) is 1. The topological polar surface area (TPSA) is 96.0 Å². The molecule has 0 unspecified atom stereocenters. The van der Waals surface area contributed by atoms with Gasteiger partial charge >= 0.3 is 0 Å². The summed E-state index contributed by atoms with van der Waals surface area (Å²) in [6.45, 7) is 6.53. The van der Waals surface area contributed by atoms with Crippen LogP contribution in [0.1, 0.15) is 33.3 Å². The van der Waals surface area contributed by atoms with E-state index >= 15 is 0 Å². The van der Waals surface area contributed by atoms with E-state index in [0.717, 1.165) is 4.31 Å². The lowest BCUT2D eigenvalue weighted by Crippen LogP contribution is -2.52. The number of sulfonamides is 1. The summed E-state index contributed by atoms with van der Waals surface area (Å²) in [6, 6.07) is 18.9. The highest BCUT2D eigenvalue weighted by Gasteiger charge is 2.33. The van der Waals surface area contributed by atoms with Gasteiger partial charge in [0, 0.05) is 18.2 Å². The molecule has 0 saturated carbocycles. The van der Waals surface area contributed by atoms with E-state index in [1.54, 1.807) is 62.4 Å². The molecule has 1 atom stereocenters. The predicted octanol–water partition coefficient (Wildman–Crippen LogP) is 4.36. The number of carbonyl (C=O) groups is 2. The molecular weight excluding hydrogens is 521 g/mol. The number of nitrogens with zero attached hydrogens (tertiary/aromatic N) is 2. The van der Waals surface area contributed by atoms with Crippen LogP contribution in [0.2, 0.25) is 0 Å². The molecule has 0 saturated heterocycles. The Hall–Kier alpha value is -3.92. The molecule has 0 spiro atoms. The quantitative estimate of drug-likeness (QED) is 0.358. The highest BCUT2D eigenvalue weighted by atomic mass is 32.2. The van der Waals surface area contributed by atoms with Crippen LogP contribution in [0.4, 0.5) is 10.1 Å². The first-order chi connectivity index (χ1) is 18.5. The van der Waals surface area contributed by atoms with Crippen LogP contribution < -0.4 is 14.4 Å². The molecule has 0 aliphatic carbocycles. The summed E-state index contributed by atoms with van der Waals surface area (Å²) in [7, 11) is -4.20. The normalized spacial score (nSPS) is 12.1. The van der Waals surface area contributed by atoms with Crippen molar-refractivity contribution in [3.05, 3.63) is 90.2 Å². The van der Waals surface area contributed by atoms with E-state index in [0.29, 0.717) is 12.4 Å². The summed E-state index contributed by atoms with van der Waals surface area (Å²) in [5.74, 6) is -1.12. The number of nitrogens with one attached hydrogen (secondary N) is 1. The second-order valence-electron chi connectivity index (χ2n) is 9.20. The van der Waals surface area contributed by atoms with Crippen molar-refractivity contribution in [2.75, 3.05) is 17.5 Å². The summed E-state index contributed by atoms with van der Waals surface area (Å²) < 4.78 is 48.6. The third-order valence-corrected chi connectivity index (χ3v) is 7.73. The number of para-hydroxylation sites is 1. The standard InChI is InChI=1S/C29H34FN3O5S/c1-5-38-25-15-17-26(18-16-25)39(36,37)33(24-12-7-6-8-13-24)20-28(34)32(22(4)29(35)31-21(2)3)19-23-11-9-10-14-27(23)30/h6-18,21-22H,5,19-20H2,1-4H3,(H,31,35)/t22-/m0/s1. The molecule has 3 rings (SSSR count). The molecular formula is C29H34FN3O5S. The Labute approximate surface area is 229 Å². The smallest absolute Gasteiger partial charge is 0.264 e. The molecule has 8 nitrogen and oxygen atoms in total. The van der Waals surface area contributed by atoms with Crippen molar-refractivity contribution in [3.8, 4) is 5.75 Å². The van der Waals surface area contributed by atoms with E-state index in [1.807, 2.05) is 6.92 Å². The van der Waals surface area contributed by atoms with Gasteiger partial charge in [0.2, 0.25) is 11.8 Å². The van der Waals surface area contributed by atoms with Crippen LogP contribution in [0.3, 0.4) is 0 Å². The van der Waals surface area contributed by atoms with Crippen molar-refractivity contribution in [2.24, 2.45) is 0 Å². The molecule has 3 aromatic carbocycles. The van der Waals surface area contributed by atoms with Crippen LogP contribution in [-0.4, -0.2) is 50.4 Å². The maximum atomic E-state index is 14.6. The molecule has 0 radical (unpaired) electrons. The molecule has 39 heavy (non-hydrogen) atoms. The maximum absolute atomic E-state index is 14.6. The van der Waals surface area contributed by atoms with E-state index in [1.165, 1.54) is 42.2 Å². The molecule has 10 heteroatoms. The molecule has 3 aromatic rings. The largest absolute Gasteiger partial charge is 0.494 e. The number of rotatable bonds is 12. The fourth-order valence-electron chi connectivity index (χ4n) is 3.92. The molecule has 0 aliphatic rings. The van der Waals surface area contributed by atoms with E-state index in [2.05, 4.69) is 5.32 Å². The van der Waals surface area contributed by atoms with Crippen LogP contribution in [-0.2, 0) is 26.2 Å². The lowest BCUT2D eigenvalue weighted by atomic mass is 10.1. The summed E-state index contributed by atoms with van der Waals surface area (Å²) >= 11 is 0. The molecule has 208 valence electrons. The Balaban J connectivity index is 2.00. The van der Waals surface area contributed by atoms with Crippen molar-refractivity contribution >= 4 is 27.5 Å². The Bertz CT molecular complexity index is 1370. The summed E-state index contributed by atoms with van der Waals surface area (Å²) in [6.07, 6.45) is 0. The molecule has 0 aromatic heterocycles. The van der Waals surface area contributed by atoms with Gasteiger partial charge in [-0.1, -0.05) is 36.4 Å². The minimum Gasteiger partial charge on any atom is -0.494 e. The number of benzene rings is 3. The van der Waals surface area contributed by atoms with Crippen LogP contribution in [0.5, 0.6) is 5.75 Å².